The summed E-state index contributed by atoms with van der Waals surface area (Å²) < 4.78 is 12.8. The zero-order chi connectivity index (χ0) is 21.2. The summed E-state index contributed by atoms with van der Waals surface area (Å²) in [6.07, 6.45) is 8.29. The van der Waals surface area contributed by atoms with E-state index in [-0.39, 0.29) is 12.5 Å². The quantitative estimate of drug-likeness (QED) is 0.630. The minimum Gasteiger partial charge on any atom is -0.497 e. The molecule has 162 valence electrons. The number of piperazine rings is 1. The largest absolute Gasteiger partial charge is 0.497 e. The summed E-state index contributed by atoms with van der Waals surface area (Å²) in [6.45, 7) is 2.85. The van der Waals surface area contributed by atoms with Crippen LogP contribution in [-0.4, -0.2) is 65.3 Å². The highest BCUT2D eigenvalue weighted by molar-refractivity contribution is 5.79. The highest BCUT2D eigenvalue weighted by atomic mass is 16.5. The molecule has 1 saturated heterocycles. The van der Waals surface area contributed by atoms with Crippen molar-refractivity contribution in [3.63, 3.8) is 0 Å². The maximum Gasteiger partial charge on any atom is 0.260 e. The van der Waals surface area contributed by atoms with E-state index in [0.717, 1.165) is 43.0 Å². The molecule has 2 aliphatic rings. The lowest BCUT2D eigenvalue weighted by Crippen LogP contribution is -2.50. The first-order valence-electron chi connectivity index (χ1n) is 10.9. The van der Waals surface area contributed by atoms with Gasteiger partial charge in [0.05, 0.1) is 12.8 Å². The number of anilines is 1. The minimum atomic E-state index is 0.00312. The van der Waals surface area contributed by atoms with Crippen LogP contribution >= 0.6 is 0 Å². The summed E-state index contributed by atoms with van der Waals surface area (Å²) in [7, 11) is 1.62. The molecule has 0 atom stereocenters. The van der Waals surface area contributed by atoms with Crippen LogP contribution in [0.1, 0.15) is 24.1 Å². The van der Waals surface area contributed by atoms with E-state index < -0.39 is 0 Å². The van der Waals surface area contributed by atoms with Gasteiger partial charge in [0.1, 0.15) is 17.0 Å². The summed E-state index contributed by atoms with van der Waals surface area (Å²) in [5, 5.41) is 4.78. The van der Waals surface area contributed by atoms with Crippen molar-refractivity contribution in [1.29, 1.82) is 0 Å². The van der Waals surface area contributed by atoms with Gasteiger partial charge in [0.2, 0.25) is 0 Å². The molecule has 1 aromatic carbocycles. The van der Waals surface area contributed by atoms with Gasteiger partial charge in [0, 0.05) is 44.1 Å². The van der Waals surface area contributed by atoms with E-state index in [0.29, 0.717) is 18.8 Å². The number of methoxy groups -OCH3 is 1. The number of ether oxygens (including phenoxy) is 2. The molecular formula is C23H27N5O3. The Morgan fingerprint density at radius 3 is 2.55 bits per heavy atom. The molecule has 2 aromatic heterocycles. The third kappa shape index (κ3) is 3.89. The average Bonchev–Trinajstić information content (AvgIpc) is 3.22. The van der Waals surface area contributed by atoms with E-state index in [1.807, 2.05) is 46.1 Å². The van der Waals surface area contributed by atoms with Gasteiger partial charge in [-0.15, -0.1) is 0 Å². The molecule has 0 spiro atoms. The normalized spacial score (nSPS) is 16.3. The van der Waals surface area contributed by atoms with E-state index in [1.165, 1.54) is 24.1 Å². The van der Waals surface area contributed by atoms with Gasteiger partial charge in [-0.1, -0.05) is 0 Å². The zero-order valence-electron chi connectivity index (χ0n) is 17.8. The molecule has 0 unspecified atom stereocenters. The van der Waals surface area contributed by atoms with Gasteiger partial charge in [-0.25, -0.2) is 9.50 Å². The molecular weight excluding hydrogens is 394 g/mol. The molecule has 3 aromatic rings. The van der Waals surface area contributed by atoms with Crippen LogP contribution in [0.2, 0.25) is 0 Å². The Balaban J connectivity index is 1.22. The third-order valence-electron chi connectivity index (χ3n) is 6.15. The number of carbonyl (C=O) groups is 1. The Bertz CT molecular complexity index is 1070. The smallest absolute Gasteiger partial charge is 0.260 e. The van der Waals surface area contributed by atoms with Crippen LogP contribution in [-0.2, 0) is 17.6 Å². The van der Waals surface area contributed by atoms with Gasteiger partial charge in [-0.05, 0) is 49.9 Å². The summed E-state index contributed by atoms with van der Waals surface area (Å²) in [5.41, 5.74) is 3.70. The zero-order valence-corrected chi connectivity index (χ0v) is 17.8. The van der Waals surface area contributed by atoms with Crippen molar-refractivity contribution in [2.45, 2.75) is 25.7 Å². The van der Waals surface area contributed by atoms with Crippen LogP contribution in [0, 0.1) is 0 Å². The highest BCUT2D eigenvalue weighted by Gasteiger charge is 2.26. The van der Waals surface area contributed by atoms with E-state index in [4.69, 9.17) is 19.6 Å². The summed E-state index contributed by atoms with van der Waals surface area (Å²) in [5.74, 6) is 2.41. The van der Waals surface area contributed by atoms with E-state index >= 15 is 0 Å². The standard InChI is InChI=1S/C23H27N5O3/c1-30-17-6-8-18(9-7-17)31-16-21(29)26-12-14-27(15-13-26)23-22-19-4-2-3-5-20(19)25-28(22)11-10-24-23/h6-11H,2-5,12-16H2,1H3. The topological polar surface area (TPSA) is 72.2 Å². The highest BCUT2D eigenvalue weighted by Crippen LogP contribution is 2.30. The van der Waals surface area contributed by atoms with Crippen LogP contribution in [0.3, 0.4) is 0 Å². The predicted octanol–water partition coefficient (Wildman–Crippen LogP) is 2.34. The number of fused-ring (bicyclic) bond motifs is 3. The second kappa shape index (κ2) is 8.45. The van der Waals surface area contributed by atoms with Crippen molar-refractivity contribution in [3.8, 4) is 11.5 Å². The van der Waals surface area contributed by atoms with Gasteiger partial charge >= 0.3 is 0 Å². The number of carbonyl (C=O) groups excluding carboxylic acids is 1. The molecule has 1 aliphatic carbocycles. The molecule has 1 fully saturated rings. The molecule has 1 amide bonds. The van der Waals surface area contributed by atoms with Crippen LogP contribution in [0.4, 0.5) is 5.82 Å². The lowest BCUT2D eigenvalue weighted by molar-refractivity contribution is -0.133. The van der Waals surface area contributed by atoms with Crippen molar-refractivity contribution >= 4 is 17.2 Å². The van der Waals surface area contributed by atoms with Gasteiger partial charge in [0.15, 0.2) is 12.4 Å². The number of amides is 1. The molecule has 0 bridgehead atoms. The number of hydrogen-bond acceptors (Lipinski definition) is 6. The van der Waals surface area contributed by atoms with Crippen molar-refractivity contribution in [2.24, 2.45) is 0 Å². The number of aryl methyl sites for hydroxylation is 2. The van der Waals surface area contributed by atoms with Crippen molar-refractivity contribution < 1.29 is 14.3 Å². The predicted molar refractivity (Wildman–Crippen MR) is 117 cm³/mol. The summed E-state index contributed by atoms with van der Waals surface area (Å²) in [4.78, 5) is 21.5. The van der Waals surface area contributed by atoms with E-state index in [9.17, 15) is 4.79 Å². The van der Waals surface area contributed by atoms with Crippen LogP contribution < -0.4 is 14.4 Å². The maximum atomic E-state index is 12.6. The Morgan fingerprint density at radius 2 is 1.77 bits per heavy atom. The Hall–Kier alpha value is -3.29. The first kappa shape index (κ1) is 19.7. The molecule has 5 rings (SSSR count). The molecule has 8 nitrogen and oxygen atoms in total. The molecule has 1 aliphatic heterocycles. The first-order valence-corrected chi connectivity index (χ1v) is 10.9. The second-order valence-corrected chi connectivity index (χ2v) is 8.01. The summed E-state index contributed by atoms with van der Waals surface area (Å²) in [6, 6.07) is 7.26. The van der Waals surface area contributed by atoms with E-state index in [1.54, 1.807) is 7.11 Å². The van der Waals surface area contributed by atoms with Crippen molar-refractivity contribution in [3.05, 3.63) is 47.9 Å². The van der Waals surface area contributed by atoms with Crippen molar-refractivity contribution in [1.82, 2.24) is 19.5 Å². The lowest BCUT2D eigenvalue weighted by Gasteiger charge is -2.35. The lowest BCUT2D eigenvalue weighted by atomic mass is 9.97. The van der Waals surface area contributed by atoms with Gasteiger partial charge in [-0.3, -0.25) is 4.79 Å². The van der Waals surface area contributed by atoms with Crippen LogP contribution in [0.25, 0.3) is 5.52 Å². The Morgan fingerprint density at radius 1 is 1.03 bits per heavy atom. The van der Waals surface area contributed by atoms with Gasteiger partial charge in [-0.2, -0.15) is 5.10 Å². The monoisotopic (exact) mass is 421 g/mol. The van der Waals surface area contributed by atoms with Crippen molar-refractivity contribution in [2.75, 3.05) is 44.8 Å². The number of benzene rings is 1. The van der Waals surface area contributed by atoms with Crippen LogP contribution in [0.5, 0.6) is 11.5 Å². The number of aromatic nitrogens is 3. The minimum absolute atomic E-state index is 0.00312. The fourth-order valence-electron chi connectivity index (χ4n) is 4.45. The Kier molecular flexibility index (Phi) is 5.36. The number of nitrogens with zero attached hydrogens (tertiary/aromatic N) is 5. The SMILES string of the molecule is COc1ccc(OCC(=O)N2CCN(c3nccn4nc5c(c34)CCCC5)CC2)cc1. The van der Waals surface area contributed by atoms with Crippen LogP contribution in [0.15, 0.2) is 36.7 Å². The number of rotatable bonds is 5. The second-order valence-electron chi connectivity index (χ2n) is 8.01. The molecule has 0 radical (unpaired) electrons. The molecule has 31 heavy (non-hydrogen) atoms. The fraction of sp³-hybridized carbons (Fsp3) is 0.435. The Labute approximate surface area is 181 Å². The maximum absolute atomic E-state index is 12.6. The molecule has 3 heterocycles. The first-order chi connectivity index (χ1) is 15.2. The van der Waals surface area contributed by atoms with E-state index in [2.05, 4.69) is 4.90 Å². The summed E-state index contributed by atoms with van der Waals surface area (Å²) >= 11 is 0. The van der Waals surface area contributed by atoms with Gasteiger partial charge in [0.25, 0.3) is 5.91 Å². The average molecular weight is 422 g/mol. The molecule has 0 N–H and O–H groups in total. The molecule has 8 heteroatoms. The number of hydrogen-bond donors (Lipinski definition) is 0. The molecule has 0 saturated carbocycles. The fourth-order valence-corrected chi connectivity index (χ4v) is 4.45. The van der Waals surface area contributed by atoms with Gasteiger partial charge < -0.3 is 19.3 Å². The third-order valence-corrected chi connectivity index (χ3v) is 6.15.